The second-order valence-electron chi connectivity index (χ2n) is 1.69. The Labute approximate surface area is 44.2 Å². The van der Waals surface area contributed by atoms with Crippen molar-refractivity contribution in [2.45, 2.75) is 13.0 Å². The molecule has 0 bridgehead atoms. The maximum absolute atomic E-state index is 5.39. The molecule has 0 unspecified atom stereocenters. The Morgan fingerprint density at radius 2 is 2.29 bits per heavy atom. The highest BCUT2D eigenvalue weighted by Gasteiger charge is 1.95. The van der Waals surface area contributed by atoms with Crippen LogP contribution in [-0.2, 0) is 0 Å². The molecule has 0 spiro atoms. The van der Waals surface area contributed by atoms with E-state index in [-0.39, 0.29) is 6.04 Å². The van der Waals surface area contributed by atoms with Gasteiger partial charge in [0.25, 0.3) is 0 Å². The molecule has 42 valence electrons. The molecule has 0 heterocycles. The van der Waals surface area contributed by atoms with Gasteiger partial charge in [-0.05, 0) is 6.92 Å². The van der Waals surface area contributed by atoms with Gasteiger partial charge in [0, 0.05) is 12.6 Å². The zero-order valence-corrected chi connectivity index (χ0v) is 4.65. The third-order valence-electron chi connectivity index (χ3n) is 0.887. The molecule has 0 radical (unpaired) electrons. The van der Waals surface area contributed by atoms with E-state index in [9.17, 15) is 0 Å². The SMILES string of the molecule is C=C(C)[C@H](N)CN. The van der Waals surface area contributed by atoms with Crippen molar-refractivity contribution in [3.8, 4) is 0 Å². The summed E-state index contributed by atoms with van der Waals surface area (Å²) in [5, 5.41) is 0. The van der Waals surface area contributed by atoms with Crippen LogP contribution in [0.5, 0.6) is 0 Å². The molecule has 7 heavy (non-hydrogen) atoms. The molecule has 0 aromatic carbocycles. The van der Waals surface area contributed by atoms with Crippen LogP contribution < -0.4 is 11.5 Å². The van der Waals surface area contributed by atoms with Crippen LogP contribution in [0, 0.1) is 0 Å². The third kappa shape index (κ3) is 2.37. The third-order valence-corrected chi connectivity index (χ3v) is 0.887. The van der Waals surface area contributed by atoms with Crippen LogP contribution in [0.25, 0.3) is 0 Å². The van der Waals surface area contributed by atoms with E-state index in [1.165, 1.54) is 0 Å². The maximum Gasteiger partial charge on any atom is 0.0373 e. The van der Waals surface area contributed by atoms with Crippen molar-refractivity contribution < 1.29 is 0 Å². The van der Waals surface area contributed by atoms with Crippen LogP contribution in [0.2, 0.25) is 0 Å². The lowest BCUT2D eigenvalue weighted by Gasteiger charge is -2.04. The highest BCUT2D eigenvalue weighted by molar-refractivity contribution is 4.99. The van der Waals surface area contributed by atoms with Crippen LogP contribution >= 0.6 is 0 Å². The maximum atomic E-state index is 5.39. The molecular weight excluding hydrogens is 88.1 g/mol. The van der Waals surface area contributed by atoms with Gasteiger partial charge in [-0.1, -0.05) is 12.2 Å². The molecular formula is C5H12N2. The van der Waals surface area contributed by atoms with Gasteiger partial charge in [-0.15, -0.1) is 0 Å². The van der Waals surface area contributed by atoms with Crippen molar-refractivity contribution in [1.29, 1.82) is 0 Å². The first-order valence-electron chi connectivity index (χ1n) is 2.29. The first kappa shape index (κ1) is 6.66. The summed E-state index contributed by atoms with van der Waals surface area (Å²) >= 11 is 0. The minimum absolute atomic E-state index is 0.0139. The minimum Gasteiger partial charge on any atom is -0.329 e. The second kappa shape index (κ2) is 2.77. The lowest BCUT2D eigenvalue weighted by Crippen LogP contribution is -2.30. The Bertz CT molecular complexity index is 68.5. The van der Waals surface area contributed by atoms with E-state index >= 15 is 0 Å². The van der Waals surface area contributed by atoms with Gasteiger partial charge >= 0.3 is 0 Å². The summed E-state index contributed by atoms with van der Waals surface area (Å²) in [5.74, 6) is 0. The summed E-state index contributed by atoms with van der Waals surface area (Å²) in [7, 11) is 0. The highest BCUT2D eigenvalue weighted by Crippen LogP contribution is 1.88. The van der Waals surface area contributed by atoms with Crippen molar-refractivity contribution in [2.75, 3.05) is 6.54 Å². The molecule has 2 nitrogen and oxygen atoms in total. The van der Waals surface area contributed by atoms with E-state index in [4.69, 9.17) is 11.5 Å². The molecule has 0 fully saturated rings. The van der Waals surface area contributed by atoms with Gasteiger partial charge in [0.2, 0.25) is 0 Å². The lowest BCUT2D eigenvalue weighted by molar-refractivity contribution is 0.780. The average molecular weight is 100 g/mol. The van der Waals surface area contributed by atoms with Gasteiger partial charge in [-0.3, -0.25) is 0 Å². The Morgan fingerprint density at radius 3 is 2.29 bits per heavy atom. The van der Waals surface area contributed by atoms with E-state index in [2.05, 4.69) is 6.58 Å². The van der Waals surface area contributed by atoms with E-state index in [1.54, 1.807) is 0 Å². The quantitative estimate of drug-likeness (QED) is 0.474. The first-order chi connectivity index (χ1) is 3.18. The average Bonchev–Trinajstić information content (AvgIpc) is 1.65. The molecule has 0 aliphatic heterocycles. The van der Waals surface area contributed by atoms with Gasteiger partial charge in [0.05, 0.1) is 0 Å². The molecule has 0 aliphatic rings. The van der Waals surface area contributed by atoms with Gasteiger partial charge in [0.15, 0.2) is 0 Å². The van der Waals surface area contributed by atoms with Gasteiger partial charge in [-0.2, -0.15) is 0 Å². The molecule has 0 aromatic rings. The summed E-state index contributed by atoms with van der Waals surface area (Å²) in [5.41, 5.74) is 11.5. The van der Waals surface area contributed by atoms with E-state index in [0.717, 1.165) is 5.57 Å². The van der Waals surface area contributed by atoms with Crippen molar-refractivity contribution in [1.82, 2.24) is 0 Å². The number of nitrogens with two attached hydrogens (primary N) is 2. The Kier molecular flexibility index (Phi) is 2.64. The Balaban J connectivity index is 3.34. The van der Waals surface area contributed by atoms with Crippen molar-refractivity contribution >= 4 is 0 Å². The van der Waals surface area contributed by atoms with Crippen LogP contribution in [0.3, 0.4) is 0 Å². The standard InChI is InChI=1S/C5H12N2/c1-4(2)5(7)3-6/h5H,1,3,6-7H2,2H3/t5-/m1/s1. The molecule has 0 saturated carbocycles. The Hall–Kier alpha value is -0.340. The molecule has 0 aromatic heterocycles. The van der Waals surface area contributed by atoms with E-state index in [1.807, 2.05) is 6.92 Å². The number of rotatable bonds is 2. The summed E-state index contributed by atoms with van der Waals surface area (Å²) in [4.78, 5) is 0. The molecule has 0 saturated heterocycles. The van der Waals surface area contributed by atoms with E-state index < -0.39 is 0 Å². The van der Waals surface area contributed by atoms with Gasteiger partial charge in [0.1, 0.15) is 0 Å². The molecule has 0 rings (SSSR count). The van der Waals surface area contributed by atoms with E-state index in [0.29, 0.717) is 6.54 Å². The normalized spacial score (nSPS) is 13.6. The van der Waals surface area contributed by atoms with Crippen LogP contribution in [0.4, 0.5) is 0 Å². The van der Waals surface area contributed by atoms with Crippen molar-refractivity contribution in [2.24, 2.45) is 11.5 Å². The first-order valence-corrected chi connectivity index (χ1v) is 2.29. The zero-order chi connectivity index (χ0) is 5.86. The highest BCUT2D eigenvalue weighted by atomic mass is 14.7. The van der Waals surface area contributed by atoms with Crippen molar-refractivity contribution in [3.05, 3.63) is 12.2 Å². The number of hydrogen-bond donors (Lipinski definition) is 2. The predicted octanol–water partition coefficient (Wildman–Crippen LogP) is -0.151. The minimum atomic E-state index is -0.0139. The van der Waals surface area contributed by atoms with Crippen molar-refractivity contribution in [3.63, 3.8) is 0 Å². The zero-order valence-electron chi connectivity index (χ0n) is 4.65. The van der Waals surface area contributed by atoms with Gasteiger partial charge < -0.3 is 11.5 Å². The fourth-order valence-electron chi connectivity index (χ4n) is 0.201. The fraction of sp³-hybridized carbons (Fsp3) is 0.600. The largest absolute Gasteiger partial charge is 0.329 e. The molecule has 1 atom stereocenters. The summed E-state index contributed by atoms with van der Waals surface area (Å²) in [6.45, 7) is 5.99. The smallest absolute Gasteiger partial charge is 0.0373 e. The van der Waals surface area contributed by atoms with Crippen LogP contribution in [0.1, 0.15) is 6.92 Å². The van der Waals surface area contributed by atoms with Crippen LogP contribution in [0.15, 0.2) is 12.2 Å². The molecule has 4 N–H and O–H groups in total. The summed E-state index contributed by atoms with van der Waals surface area (Å²) in [6.07, 6.45) is 0. The van der Waals surface area contributed by atoms with Gasteiger partial charge in [-0.25, -0.2) is 0 Å². The van der Waals surface area contributed by atoms with Crippen LogP contribution in [-0.4, -0.2) is 12.6 Å². The Morgan fingerprint density at radius 1 is 1.86 bits per heavy atom. The fourth-order valence-corrected chi connectivity index (χ4v) is 0.201. The molecule has 0 amide bonds. The predicted molar refractivity (Wildman–Crippen MR) is 31.8 cm³/mol. The number of hydrogen-bond acceptors (Lipinski definition) is 2. The summed E-state index contributed by atoms with van der Waals surface area (Å²) < 4.78 is 0. The summed E-state index contributed by atoms with van der Waals surface area (Å²) in [6, 6.07) is -0.0139. The monoisotopic (exact) mass is 100 g/mol. The topological polar surface area (TPSA) is 52.0 Å². The molecule has 2 heteroatoms. The second-order valence-corrected chi connectivity index (χ2v) is 1.69. The molecule has 0 aliphatic carbocycles. The lowest BCUT2D eigenvalue weighted by atomic mass is 10.2.